The van der Waals surface area contributed by atoms with Crippen molar-refractivity contribution in [3.63, 3.8) is 0 Å². The average molecular weight is 426 g/mol. The third kappa shape index (κ3) is 6.01. The molecule has 0 spiro atoms. The molecule has 1 unspecified atom stereocenters. The van der Waals surface area contributed by atoms with E-state index in [-0.39, 0.29) is 18.0 Å². The molecule has 1 saturated heterocycles. The van der Waals surface area contributed by atoms with Gasteiger partial charge in [-0.2, -0.15) is 0 Å². The van der Waals surface area contributed by atoms with Gasteiger partial charge in [-0.25, -0.2) is 4.79 Å². The SMILES string of the molecule is CC(C)(C)OC(=O)N1CCCC(NC(=O)c2sc(C#Cc3ccccc3)cc2N)C1. The number of hydrogen-bond donors (Lipinski definition) is 2. The first-order valence-electron chi connectivity index (χ1n) is 9.96. The Labute approximate surface area is 181 Å². The van der Waals surface area contributed by atoms with Crippen LogP contribution in [0.3, 0.4) is 0 Å². The van der Waals surface area contributed by atoms with E-state index >= 15 is 0 Å². The van der Waals surface area contributed by atoms with Crippen LogP contribution in [0.4, 0.5) is 10.5 Å². The van der Waals surface area contributed by atoms with Gasteiger partial charge in [-0.3, -0.25) is 4.79 Å². The molecule has 1 atom stereocenters. The van der Waals surface area contributed by atoms with E-state index in [1.165, 1.54) is 11.3 Å². The van der Waals surface area contributed by atoms with E-state index in [0.29, 0.717) is 23.7 Å². The molecule has 1 aliphatic heterocycles. The van der Waals surface area contributed by atoms with Crippen LogP contribution in [0.25, 0.3) is 0 Å². The third-order valence-electron chi connectivity index (χ3n) is 4.48. The summed E-state index contributed by atoms with van der Waals surface area (Å²) < 4.78 is 5.44. The van der Waals surface area contributed by atoms with Crippen molar-refractivity contribution >= 4 is 29.0 Å². The van der Waals surface area contributed by atoms with Crippen LogP contribution in [-0.2, 0) is 4.74 Å². The maximum atomic E-state index is 12.8. The number of thiophene rings is 1. The summed E-state index contributed by atoms with van der Waals surface area (Å²) in [7, 11) is 0. The molecule has 2 aromatic rings. The van der Waals surface area contributed by atoms with Crippen LogP contribution < -0.4 is 11.1 Å². The first kappa shape index (κ1) is 21.7. The van der Waals surface area contributed by atoms with Crippen molar-refractivity contribution < 1.29 is 14.3 Å². The molecule has 1 aromatic heterocycles. The van der Waals surface area contributed by atoms with Crippen molar-refractivity contribution in [3.05, 3.63) is 51.7 Å². The van der Waals surface area contributed by atoms with Gasteiger partial charge in [0.05, 0.1) is 10.6 Å². The molecule has 2 amide bonds. The Morgan fingerprint density at radius 1 is 1.23 bits per heavy atom. The summed E-state index contributed by atoms with van der Waals surface area (Å²) in [5.74, 6) is 5.90. The van der Waals surface area contributed by atoms with Crippen LogP contribution in [0.15, 0.2) is 36.4 Å². The van der Waals surface area contributed by atoms with Crippen molar-refractivity contribution in [2.75, 3.05) is 18.8 Å². The zero-order valence-electron chi connectivity index (χ0n) is 17.5. The molecule has 2 heterocycles. The summed E-state index contributed by atoms with van der Waals surface area (Å²) >= 11 is 1.27. The number of amides is 2. The molecule has 3 N–H and O–H groups in total. The summed E-state index contributed by atoms with van der Waals surface area (Å²) in [6.45, 7) is 6.57. The highest BCUT2D eigenvalue weighted by atomic mass is 32.1. The van der Waals surface area contributed by atoms with Gasteiger partial charge >= 0.3 is 6.09 Å². The molecule has 1 fully saturated rings. The Hall–Kier alpha value is -2.98. The summed E-state index contributed by atoms with van der Waals surface area (Å²) in [6.07, 6.45) is 1.25. The standard InChI is InChI=1S/C23H27N3O3S/c1-23(2,3)29-22(28)26-13-7-10-17(15-26)25-21(27)20-19(24)14-18(30-20)12-11-16-8-5-4-6-9-16/h4-6,8-9,14,17H,7,10,13,15,24H2,1-3H3,(H,25,27). The molecule has 158 valence electrons. The number of nitrogens with one attached hydrogen (secondary N) is 1. The number of rotatable bonds is 2. The van der Waals surface area contributed by atoms with Gasteiger partial charge in [0.1, 0.15) is 10.5 Å². The number of carbonyl (C=O) groups excluding carboxylic acids is 2. The fourth-order valence-electron chi connectivity index (χ4n) is 3.14. The first-order valence-corrected chi connectivity index (χ1v) is 10.8. The van der Waals surface area contributed by atoms with E-state index in [0.717, 1.165) is 23.3 Å². The molecule has 30 heavy (non-hydrogen) atoms. The second-order valence-electron chi connectivity index (χ2n) is 8.25. The number of likely N-dealkylation sites (tertiary alicyclic amines) is 1. The lowest BCUT2D eigenvalue weighted by Crippen LogP contribution is -2.50. The molecule has 7 heteroatoms. The smallest absolute Gasteiger partial charge is 0.410 e. The van der Waals surface area contributed by atoms with E-state index in [9.17, 15) is 9.59 Å². The molecule has 0 bridgehead atoms. The van der Waals surface area contributed by atoms with Gasteiger partial charge in [0.15, 0.2) is 0 Å². The lowest BCUT2D eigenvalue weighted by atomic mass is 10.1. The fourth-order valence-corrected chi connectivity index (χ4v) is 3.97. The summed E-state index contributed by atoms with van der Waals surface area (Å²) in [5.41, 5.74) is 6.83. The lowest BCUT2D eigenvalue weighted by molar-refractivity contribution is 0.0186. The van der Waals surface area contributed by atoms with Gasteiger partial charge < -0.3 is 20.7 Å². The molecule has 1 aromatic carbocycles. The Kier molecular flexibility index (Phi) is 6.68. The minimum Gasteiger partial charge on any atom is -0.444 e. The molecule has 6 nitrogen and oxygen atoms in total. The second-order valence-corrected chi connectivity index (χ2v) is 9.30. The van der Waals surface area contributed by atoms with Crippen molar-refractivity contribution in [2.24, 2.45) is 0 Å². The number of nitrogen functional groups attached to an aromatic ring is 1. The quantitative estimate of drug-likeness (QED) is 0.716. The highest BCUT2D eigenvalue weighted by Crippen LogP contribution is 2.25. The van der Waals surface area contributed by atoms with Gasteiger partial charge in [0.25, 0.3) is 5.91 Å². The minimum absolute atomic E-state index is 0.140. The second kappa shape index (κ2) is 9.23. The van der Waals surface area contributed by atoms with Crippen LogP contribution in [-0.4, -0.2) is 41.6 Å². The first-order chi connectivity index (χ1) is 14.2. The van der Waals surface area contributed by atoms with Crippen molar-refractivity contribution in [1.82, 2.24) is 10.2 Å². The summed E-state index contributed by atoms with van der Waals surface area (Å²) in [4.78, 5) is 27.9. The van der Waals surface area contributed by atoms with Crippen LogP contribution in [0, 0.1) is 11.8 Å². The van der Waals surface area contributed by atoms with Crippen molar-refractivity contribution in [2.45, 2.75) is 45.3 Å². The Balaban J connectivity index is 1.63. The largest absolute Gasteiger partial charge is 0.444 e. The summed E-state index contributed by atoms with van der Waals surface area (Å²) in [5, 5.41) is 3.00. The predicted molar refractivity (Wildman–Crippen MR) is 119 cm³/mol. The topological polar surface area (TPSA) is 84.7 Å². The van der Waals surface area contributed by atoms with E-state index in [2.05, 4.69) is 17.2 Å². The molecular formula is C23H27N3O3S. The van der Waals surface area contributed by atoms with Crippen LogP contribution in [0.1, 0.15) is 53.7 Å². The van der Waals surface area contributed by atoms with Crippen molar-refractivity contribution in [1.29, 1.82) is 0 Å². The minimum atomic E-state index is -0.546. The zero-order chi connectivity index (χ0) is 21.7. The van der Waals surface area contributed by atoms with E-state index in [4.69, 9.17) is 10.5 Å². The monoisotopic (exact) mass is 425 g/mol. The molecule has 0 radical (unpaired) electrons. The highest BCUT2D eigenvalue weighted by Gasteiger charge is 2.29. The Morgan fingerprint density at radius 3 is 2.67 bits per heavy atom. The molecule has 1 aliphatic rings. The molecular weight excluding hydrogens is 398 g/mol. The molecule has 0 aliphatic carbocycles. The van der Waals surface area contributed by atoms with Gasteiger partial charge in [-0.1, -0.05) is 30.0 Å². The number of nitrogens with zero attached hydrogens (tertiary/aromatic N) is 1. The number of ether oxygens (including phenoxy) is 1. The number of piperidine rings is 1. The maximum Gasteiger partial charge on any atom is 0.410 e. The van der Waals surface area contributed by atoms with Gasteiger partial charge in [0, 0.05) is 24.7 Å². The maximum absolute atomic E-state index is 12.8. The Morgan fingerprint density at radius 2 is 1.97 bits per heavy atom. The van der Waals surface area contributed by atoms with Gasteiger partial charge in [-0.15, -0.1) is 11.3 Å². The normalized spacial score (nSPS) is 16.4. The molecule has 0 saturated carbocycles. The number of hydrogen-bond acceptors (Lipinski definition) is 5. The molecule has 3 rings (SSSR count). The van der Waals surface area contributed by atoms with Crippen molar-refractivity contribution in [3.8, 4) is 11.8 Å². The van der Waals surface area contributed by atoms with E-state index in [1.807, 2.05) is 51.1 Å². The predicted octanol–water partition coefficient (Wildman–Crippen LogP) is 3.86. The Bertz CT molecular complexity index is 967. The van der Waals surface area contributed by atoms with E-state index < -0.39 is 5.60 Å². The average Bonchev–Trinajstić information content (AvgIpc) is 3.07. The highest BCUT2D eigenvalue weighted by molar-refractivity contribution is 7.15. The number of benzene rings is 1. The lowest BCUT2D eigenvalue weighted by Gasteiger charge is -2.34. The van der Waals surface area contributed by atoms with E-state index in [1.54, 1.807) is 11.0 Å². The van der Waals surface area contributed by atoms with Crippen LogP contribution in [0.5, 0.6) is 0 Å². The number of nitrogens with two attached hydrogens (primary N) is 1. The third-order valence-corrected chi connectivity index (χ3v) is 5.54. The summed E-state index contributed by atoms with van der Waals surface area (Å²) in [6, 6.07) is 11.2. The van der Waals surface area contributed by atoms with Crippen LogP contribution >= 0.6 is 11.3 Å². The fraction of sp³-hybridized carbons (Fsp3) is 0.391. The van der Waals surface area contributed by atoms with Gasteiger partial charge in [-0.05, 0) is 51.8 Å². The number of anilines is 1. The van der Waals surface area contributed by atoms with Gasteiger partial charge in [0.2, 0.25) is 0 Å². The number of carbonyl (C=O) groups is 2. The van der Waals surface area contributed by atoms with Crippen LogP contribution in [0.2, 0.25) is 0 Å². The zero-order valence-corrected chi connectivity index (χ0v) is 18.3.